The minimum absolute atomic E-state index is 0.00546. The number of hydrogen-bond donors (Lipinski definition) is 2. The van der Waals surface area contributed by atoms with Crippen LogP contribution in [0.4, 0.5) is 24.5 Å². The zero-order valence-corrected chi connectivity index (χ0v) is 21.4. The highest BCUT2D eigenvalue weighted by Crippen LogP contribution is 2.39. The first-order chi connectivity index (χ1) is 18.2. The Morgan fingerprint density at radius 1 is 1.16 bits per heavy atom. The lowest BCUT2D eigenvalue weighted by molar-refractivity contribution is -0.141. The molecule has 0 unspecified atom stereocenters. The van der Waals surface area contributed by atoms with Crippen LogP contribution in [0.15, 0.2) is 54.7 Å². The van der Waals surface area contributed by atoms with E-state index in [1.165, 1.54) is 6.20 Å². The fourth-order valence-electron chi connectivity index (χ4n) is 5.36. The lowest BCUT2D eigenvalue weighted by Crippen LogP contribution is -2.56. The Hall–Kier alpha value is -3.59. The minimum Gasteiger partial charge on any atom is -0.381 e. The van der Waals surface area contributed by atoms with Crippen molar-refractivity contribution < 1.29 is 22.7 Å². The first-order valence-electron chi connectivity index (χ1n) is 12.9. The zero-order chi connectivity index (χ0) is 26.9. The smallest absolute Gasteiger partial charge is 0.381 e. The number of halogens is 3. The number of hydrogen-bond acceptors (Lipinski definition) is 5. The first kappa shape index (κ1) is 26.0. The van der Waals surface area contributed by atoms with Crippen LogP contribution in [0.5, 0.6) is 0 Å². The molecule has 2 aliphatic rings. The van der Waals surface area contributed by atoms with E-state index in [1.807, 2.05) is 32.0 Å². The summed E-state index contributed by atoms with van der Waals surface area (Å²) in [5, 5.41) is 6.23. The largest absolute Gasteiger partial charge is 0.433 e. The predicted octanol–water partition coefficient (Wildman–Crippen LogP) is 5.20. The van der Waals surface area contributed by atoms with Gasteiger partial charge < -0.3 is 20.3 Å². The molecule has 3 heterocycles. The lowest BCUT2D eigenvalue weighted by atomic mass is 9.83. The van der Waals surface area contributed by atoms with Gasteiger partial charge >= 0.3 is 6.18 Å². The molecule has 1 saturated heterocycles. The number of nitrogens with one attached hydrogen (secondary N) is 2. The van der Waals surface area contributed by atoms with E-state index in [1.54, 1.807) is 6.07 Å². The Kier molecular flexibility index (Phi) is 7.29. The molecule has 0 aliphatic carbocycles. The van der Waals surface area contributed by atoms with E-state index >= 15 is 0 Å². The van der Waals surface area contributed by atoms with Gasteiger partial charge in [-0.15, -0.1) is 0 Å². The summed E-state index contributed by atoms with van der Waals surface area (Å²) >= 11 is 0. The van der Waals surface area contributed by atoms with Gasteiger partial charge in [-0.3, -0.25) is 9.78 Å². The quantitative estimate of drug-likeness (QED) is 0.464. The maximum Gasteiger partial charge on any atom is 0.433 e. The van der Waals surface area contributed by atoms with Crippen LogP contribution >= 0.6 is 0 Å². The minimum atomic E-state index is -4.47. The predicted molar refractivity (Wildman–Crippen MR) is 141 cm³/mol. The summed E-state index contributed by atoms with van der Waals surface area (Å²) < 4.78 is 44.8. The zero-order valence-electron chi connectivity index (χ0n) is 21.4. The number of pyridine rings is 1. The number of carbonyl (C=O) groups excluding carboxylic acids is 1. The third-order valence-electron chi connectivity index (χ3n) is 7.31. The van der Waals surface area contributed by atoms with Crippen LogP contribution < -0.4 is 15.5 Å². The number of aromatic nitrogens is 1. The number of morpholine rings is 1. The third-order valence-corrected chi connectivity index (χ3v) is 7.31. The van der Waals surface area contributed by atoms with Crippen molar-refractivity contribution in [2.24, 2.45) is 5.92 Å². The number of rotatable bonds is 6. The van der Waals surface area contributed by atoms with Crippen molar-refractivity contribution in [3.8, 4) is 11.1 Å². The average Bonchev–Trinajstić information content (AvgIpc) is 2.91. The van der Waals surface area contributed by atoms with Gasteiger partial charge in [-0.1, -0.05) is 18.2 Å². The van der Waals surface area contributed by atoms with E-state index < -0.39 is 11.9 Å². The summed E-state index contributed by atoms with van der Waals surface area (Å²) in [4.78, 5) is 18.5. The van der Waals surface area contributed by atoms with Gasteiger partial charge in [0.1, 0.15) is 5.69 Å². The normalized spacial score (nSPS) is 18.9. The Balaban J connectivity index is 1.40. The van der Waals surface area contributed by atoms with E-state index in [-0.39, 0.29) is 24.4 Å². The topological polar surface area (TPSA) is 66.5 Å². The second-order valence-electron chi connectivity index (χ2n) is 9.81. The highest BCUT2D eigenvalue weighted by Gasteiger charge is 2.40. The van der Waals surface area contributed by atoms with Crippen LogP contribution in [0.1, 0.15) is 29.3 Å². The van der Waals surface area contributed by atoms with Crippen molar-refractivity contribution >= 4 is 17.3 Å². The monoisotopic (exact) mass is 524 g/mol. The summed E-state index contributed by atoms with van der Waals surface area (Å²) in [5.74, 6) is -0.0946. The molecule has 0 bridgehead atoms. The lowest BCUT2D eigenvalue weighted by Gasteiger charge is -2.45. The molecule has 200 valence electrons. The molecule has 6 nitrogen and oxygen atoms in total. The molecule has 2 atom stereocenters. The molecule has 0 spiro atoms. The van der Waals surface area contributed by atoms with Gasteiger partial charge in [-0.25, -0.2) is 0 Å². The molecule has 2 N–H and O–H groups in total. The Morgan fingerprint density at radius 3 is 2.79 bits per heavy atom. The van der Waals surface area contributed by atoms with Gasteiger partial charge in [0.05, 0.1) is 25.2 Å². The van der Waals surface area contributed by atoms with Gasteiger partial charge in [0.15, 0.2) is 0 Å². The molecule has 5 rings (SSSR count). The summed E-state index contributed by atoms with van der Waals surface area (Å²) in [6.45, 7) is 6.68. The summed E-state index contributed by atoms with van der Waals surface area (Å²) in [6, 6.07) is 15.0. The molecule has 0 radical (unpaired) electrons. The number of benzene rings is 2. The molecule has 0 saturated carbocycles. The van der Waals surface area contributed by atoms with Crippen molar-refractivity contribution in [2.75, 3.05) is 36.5 Å². The standard InChI is InChI=1S/C29H31F3N4O2/c1-3-33-28(37)24-13-21-6-5-20(14-25(21)36-10-11-38-17-26(24)36)23-15-22(7-4-18(23)2)35-16-19-8-9-34-27(12-19)29(30,31)32/h4-9,12,14-15,24,26,35H,3,10-11,13,16-17H2,1-2H3,(H,33,37)/t24-,26+/m1/s1. The van der Waals surface area contributed by atoms with Crippen molar-refractivity contribution in [3.63, 3.8) is 0 Å². The second-order valence-corrected chi connectivity index (χ2v) is 9.81. The molecule has 2 aliphatic heterocycles. The number of aryl methyl sites for hydroxylation is 1. The third kappa shape index (κ3) is 5.34. The molecule has 2 aromatic carbocycles. The Morgan fingerprint density at radius 2 is 2.00 bits per heavy atom. The van der Waals surface area contributed by atoms with Crippen LogP contribution in [-0.2, 0) is 28.7 Å². The van der Waals surface area contributed by atoms with Gasteiger partial charge in [-0.05, 0) is 78.4 Å². The van der Waals surface area contributed by atoms with Crippen molar-refractivity contribution in [1.29, 1.82) is 0 Å². The average molecular weight is 525 g/mol. The Bertz CT molecular complexity index is 1330. The molecule has 3 aromatic rings. The number of alkyl halides is 3. The van der Waals surface area contributed by atoms with Gasteiger partial charge in [-0.2, -0.15) is 13.2 Å². The summed E-state index contributed by atoms with van der Waals surface area (Å²) in [6.07, 6.45) is -2.62. The van der Waals surface area contributed by atoms with Gasteiger partial charge in [0.25, 0.3) is 0 Å². The molecule has 1 fully saturated rings. The summed E-state index contributed by atoms with van der Waals surface area (Å²) in [5.41, 5.74) is 5.88. The molecular formula is C29H31F3N4O2. The van der Waals surface area contributed by atoms with Crippen molar-refractivity contribution in [2.45, 2.75) is 39.0 Å². The Labute approximate surface area is 220 Å². The molecule has 1 aromatic heterocycles. The number of anilines is 2. The van der Waals surface area contributed by atoms with Crippen molar-refractivity contribution in [3.05, 3.63) is 77.1 Å². The second kappa shape index (κ2) is 10.6. The highest BCUT2D eigenvalue weighted by molar-refractivity contribution is 5.83. The number of nitrogens with zero attached hydrogens (tertiary/aromatic N) is 2. The highest BCUT2D eigenvalue weighted by atomic mass is 19.4. The molecule has 1 amide bonds. The maximum atomic E-state index is 13.0. The van der Waals surface area contributed by atoms with Crippen LogP contribution in [0, 0.1) is 12.8 Å². The van der Waals surface area contributed by atoms with E-state index in [0.29, 0.717) is 31.7 Å². The van der Waals surface area contributed by atoms with Crippen LogP contribution in [0.2, 0.25) is 0 Å². The first-order valence-corrected chi connectivity index (χ1v) is 12.9. The van der Waals surface area contributed by atoms with E-state index in [0.717, 1.165) is 46.2 Å². The summed E-state index contributed by atoms with van der Waals surface area (Å²) in [7, 11) is 0. The fourth-order valence-corrected chi connectivity index (χ4v) is 5.36. The molecular weight excluding hydrogens is 493 g/mol. The fraction of sp³-hybridized carbons (Fsp3) is 0.379. The maximum absolute atomic E-state index is 13.0. The van der Waals surface area contributed by atoms with Crippen LogP contribution in [0.3, 0.4) is 0 Å². The van der Waals surface area contributed by atoms with Crippen LogP contribution in [0.25, 0.3) is 11.1 Å². The van der Waals surface area contributed by atoms with Crippen molar-refractivity contribution in [1.82, 2.24) is 10.3 Å². The number of amides is 1. The van der Waals surface area contributed by atoms with Gasteiger partial charge in [0, 0.05) is 37.2 Å². The van der Waals surface area contributed by atoms with Gasteiger partial charge in [0.2, 0.25) is 5.91 Å². The number of carbonyl (C=O) groups is 1. The van der Waals surface area contributed by atoms with E-state index in [9.17, 15) is 18.0 Å². The van der Waals surface area contributed by atoms with Crippen LogP contribution in [-0.4, -0.2) is 43.2 Å². The van der Waals surface area contributed by atoms with E-state index in [2.05, 4.69) is 38.7 Å². The molecule has 9 heteroatoms. The van der Waals surface area contributed by atoms with E-state index in [4.69, 9.17) is 4.74 Å². The number of fused-ring (bicyclic) bond motifs is 3. The number of ether oxygens (including phenoxy) is 1. The molecule has 38 heavy (non-hydrogen) atoms. The SMILES string of the molecule is CCNC(=O)[C@@H]1Cc2ccc(-c3cc(NCc4ccnc(C(F)(F)F)c4)ccc3C)cc2N2CCOC[C@@H]12.